The molecule has 0 radical (unpaired) electrons. The number of fused-ring (bicyclic) bond motifs is 1. The first-order chi connectivity index (χ1) is 5.70. The molecule has 0 N–H and O–H groups in total. The topological polar surface area (TPSA) is 3.88 Å². The number of nitrogens with zero attached hydrogens (tertiary/aromatic N) is 1. The molecule has 0 aliphatic carbocycles. The van der Waals surface area contributed by atoms with Crippen LogP contribution in [0, 0.1) is 13.8 Å². The molecule has 0 amide bonds. The van der Waals surface area contributed by atoms with Crippen LogP contribution in [0.4, 0.5) is 0 Å². The molecule has 70 valence electrons. The van der Waals surface area contributed by atoms with Gasteiger partial charge in [-0.15, -0.1) is 0 Å². The molecule has 0 saturated heterocycles. The lowest BCUT2D eigenvalue weighted by molar-refractivity contribution is -0.646. The van der Waals surface area contributed by atoms with E-state index in [1.807, 2.05) is 11.3 Å². The van der Waals surface area contributed by atoms with Crippen molar-refractivity contribution in [2.45, 2.75) is 13.8 Å². The van der Waals surface area contributed by atoms with Crippen molar-refractivity contribution in [1.82, 2.24) is 0 Å². The molecule has 0 aliphatic rings. The summed E-state index contributed by atoms with van der Waals surface area (Å²) in [6, 6.07) is 6.45. The van der Waals surface area contributed by atoms with Crippen LogP contribution in [0.25, 0.3) is 10.2 Å². The van der Waals surface area contributed by atoms with E-state index in [-0.39, 0.29) is 24.0 Å². The summed E-state index contributed by atoms with van der Waals surface area (Å²) < 4.78 is 3.66. The minimum Gasteiger partial charge on any atom is -1.00 e. The number of aromatic nitrogens is 1. The van der Waals surface area contributed by atoms with E-state index in [0.717, 1.165) is 0 Å². The predicted octanol–water partition coefficient (Wildman–Crippen LogP) is -0.653. The molecular formula is C10H12INS. The van der Waals surface area contributed by atoms with E-state index >= 15 is 0 Å². The van der Waals surface area contributed by atoms with E-state index in [1.54, 1.807) is 0 Å². The molecule has 2 rings (SSSR count). The Kier molecular flexibility index (Phi) is 3.29. The fourth-order valence-electron chi connectivity index (χ4n) is 1.42. The van der Waals surface area contributed by atoms with E-state index in [0.29, 0.717) is 0 Å². The van der Waals surface area contributed by atoms with Gasteiger partial charge < -0.3 is 24.0 Å². The lowest BCUT2D eigenvalue weighted by atomic mass is 10.2. The average Bonchev–Trinajstić information content (AvgIpc) is 2.32. The van der Waals surface area contributed by atoms with Gasteiger partial charge in [0.05, 0.1) is 0 Å². The van der Waals surface area contributed by atoms with Gasteiger partial charge in [-0.2, -0.15) is 4.57 Å². The van der Waals surface area contributed by atoms with Crippen LogP contribution in [0.15, 0.2) is 18.2 Å². The van der Waals surface area contributed by atoms with Crippen LogP contribution >= 0.6 is 11.3 Å². The molecule has 13 heavy (non-hydrogen) atoms. The number of benzene rings is 1. The largest absolute Gasteiger partial charge is 1.00 e. The van der Waals surface area contributed by atoms with Gasteiger partial charge in [-0.1, -0.05) is 23.5 Å². The van der Waals surface area contributed by atoms with Gasteiger partial charge in [-0.25, -0.2) is 0 Å². The monoisotopic (exact) mass is 305 g/mol. The summed E-state index contributed by atoms with van der Waals surface area (Å²) in [7, 11) is 2.12. The van der Waals surface area contributed by atoms with Gasteiger partial charge in [0.25, 0.3) is 0 Å². The highest BCUT2D eigenvalue weighted by Crippen LogP contribution is 2.22. The van der Waals surface area contributed by atoms with E-state index < -0.39 is 0 Å². The first kappa shape index (κ1) is 10.9. The number of aryl methyl sites for hydroxylation is 3. The van der Waals surface area contributed by atoms with Crippen molar-refractivity contribution in [2.24, 2.45) is 7.05 Å². The molecule has 1 aromatic heterocycles. The Balaban J connectivity index is 0.000000845. The van der Waals surface area contributed by atoms with Crippen LogP contribution in [-0.4, -0.2) is 0 Å². The molecule has 2 aromatic rings. The number of hydrogen-bond acceptors (Lipinski definition) is 1. The summed E-state index contributed by atoms with van der Waals surface area (Å²) in [5.74, 6) is 0. The van der Waals surface area contributed by atoms with Gasteiger partial charge >= 0.3 is 0 Å². The summed E-state index contributed by atoms with van der Waals surface area (Å²) >= 11 is 1.87. The lowest BCUT2D eigenvalue weighted by Crippen LogP contribution is -3.00. The van der Waals surface area contributed by atoms with Crippen molar-refractivity contribution in [3.63, 3.8) is 0 Å². The third kappa shape index (κ3) is 1.72. The standard InChI is InChI=1S/C10H12NS.HI/c1-7-5-4-6-9-10(7)12-8(2)11(9)3;/h4-6H,1-3H3;1H/q+1;/p-1. The Bertz CT molecular complexity index is 434. The number of thiazole rings is 1. The molecule has 0 fully saturated rings. The van der Waals surface area contributed by atoms with Crippen molar-refractivity contribution >= 4 is 21.6 Å². The zero-order chi connectivity index (χ0) is 8.72. The normalized spacial score (nSPS) is 10.1. The molecule has 0 atom stereocenters. The Labute approximate surface area is 99.4 Å². The lowest BCUT2D eigenvalue weighted by Gasteiger charge is -1.89. The van der Waals surface area contributed by atoms with Crippen LogP contribution in [-0.2, 0) is 7.05 Å². The van der Waals surface area contributed by atoms with Crippen LogP contribution in [0.2, 0.25) is 0 Å². The Morgan fingerprint density at radius 1 is 1.23 bits per heavy atom. The highest BCUT2D eigenvalue weighted by molar-refractivity contribution is 7.18. The second-order valence-corrected chi connectivity index (χ2v) is 4.31. The predicted molar refractivity (Wildman–Crippen MR) is 52.5 cm³/mol. The second kappa shape index (κ2) is 3.92. The Morgan fingerprint density at radius 2 is 1.92 bits per heavy atom. The quantitative estimate of drug-likeness (QED) is 0.450. The van der Waals surface area contributed by atoms with Crippen LogP contribution < -0.4 is 28.5 Å². The van der Waals surface area contributed by atoms with Crippen molar-refractivity contribution in [1.29, 1.82) is 0 Å². The number of hydrogen-bond donors (Lipinski definition) is 0. The maximum atomic E-state index is 2.24. The van der Waals surface area contributed by atoms with Crippen molar-refractivity contribution in [3.05, 3.63) is 28.8 Å². The van der Waals surface area contributed by atoms with Gasteiger partial charge in [-0.3, -0.25) is 0 Å². The van der Waals surface area contributed by atoms with Gasteiger partial charge in [-0.05, 0) is 12.5 Å². The van der Waals surface area contributed by atoms with E-state index in [9.17, 15) is 0 Å². The summed E-state index contributed by atoms with van der Waals surface area (Å²) in [6.45, 7) is 4.32. The molecule has 1 aromatic carbocycles. The van der Waals surface area contributed by atoms with Crippen LogP contribution in [0.3, 0.4) is 0 Å². The Hall–Kier alpha value is -0.160. The fourth-order valence-corrected chi connectivity index (χ4v) is 2.49. The number of rotatable bonds is 0. The fraction of sp³-hybridized carbons (Fsp3) is 0.300. The third-order valence-electron chi connectivity index (χ3n) is 2.27. The van der Waals surface area contributed by atoms with Crippen molar-refractivity contribution in [2.75, 3.05) is 0 Å². The first-order valence-corrected chi connectivity index (χ1v) is 4.86. The molecule has 1 heterocycles. The molecule has 0 spiro atoms. The van der Waals surface area contributed by atoms with Crippen molar-refractivity contribution in [3.8, 4) is 0 Å². The molecular weight excluding hydrogens is 293 g/mol. The molecule has 0 unspecified atom stereocenters. The summed E-state index contributed by atoms with van der Waals surface area (Å²) in [5.41, 5.74) is 2.72. The molecule has 0 bridgehead atoms. The van der Waals surface area contributed by atoms with Crippen molar-refractivity contribution < 1.29 is 28.5 Å². The van der Waals surface area contributed by atoms with Gasteiger partial charge in [0, 0.05) is 13.0 Å². The maximum Gasteiger partial charge on any atom is 0.234 e. The zero-order valence-corrected chi connectivity index (χ0v) is 10.9. The van der Waals surface area contributed by atoms with E-state index in [4.69, 9.17) is 0 Å². The Morgan fingerprint density at radius 3 is 2.54 bits per heavy atom. The molecule has 0 aliphatic heterocycles. The maximum absolute atomic E-state index is 2.24. The van der Waals surface area contributed by atoms with Gasteiger partial charge in [0.1, 0.15) is 11.7 Å². The van der Waals surface area contributed by atoms with Crippen LogP contribution in [0.1, 0.15) is 10.6 Å². The van der Waals surface area contributed by atoms with E-state index in [2.05, 4.69) is 43.7 Å². The molecule has 1 nitrogen and oxygen atoms in total. The second-order valence-electron chi connectivity index (χ2n) is 3.10. The van der Waals surface area contributed by atoms with E-state index in [1.165, 1.54) is 20.8 Å². The zero-order valence-electron chi connectivity index (χ0n) is 7.97. The highest BCUT2D eigenvalue weighted by atomic mass is 127. The SMILES string of the molecule is Cc1cccc2c1sc(C)[n+]2C.[I-]. The molecule has 3 heteroatoms. The van der Waals surface area contributed by atoms with Crippen LogP contribution in [0.5, 0.6) is 0 Å². The number of halogens is 1. The van der Waals surface area contributed by atoms with Gasteiger partial charge in [0.2, 0.25) is 10.5 Å². The minimum absolute atomic E-state index is 0. The minimum atomic E-state index is 0. The highest BCUT2D eigenvalue weighted by Gasteiger charge is 2.13. The average molecular weight is 305 g/mol. The van der Waals surface area contributed by atoms with Gasteiger partial charge in [0.15, 0.2) is 0 Å². The summed E-state index contributed by atoms with van der Waals surface area (Å²) in [5, 5.41) is 1.36. The smallest absolute Gasteiger partial charge is 0.234 e. The first-order valence-electron chi connectivity index (χ1n) is 4.05. The summed E-state index contributed by atoms with van der Waals surface area (Å²) in [6.07, 6.45) is 0. The third-order valence-corrected chi connectivity index (χ3v) is 3.58. The molecule has 0 saturated carbocycles. The summed E-state index contributed by atoms with van der Waals surface area (Å²) in [4.78, 5) is 0.